The molecule has 1 aromatic heterocycles. The van der Waals surface area contributed by atoms with Crippen molar-refractivity contribution in [3.63, 3.8) is 0 Å². The van der Waals surface area contributed by atoms with Gasteiger partial charge >= 0.3 is 0 Å². The molecule has 0 aliphatic carbocycles. The van der Waals surface area contributed by atoms with Crippen LogP contribution < -0.4 is 5.32 Å². The highest BCUT2D eigenvalue weighted by atomic mass is 16.5. The first-order valence-corrected chi connectivity index (χ1v) is 7.08. The SMILES string of the molecule is CCC1CC(Nc2cnc3ccccc3c2)CCO1. The van der Waals surface area contributed by atoms with Crippen molar-refractivity contribution in [2.75, 3.05) is 11.9 Å². The van der Waals surface area contributed by atoms with Crippen molar-refractivity contribution in [1.29, 1.82) is 0 Å². The van der Waals surface area contributed by atoms with Crippen LogP contribution in [0.15, 0.2) is 36.5 Å². The van der Waals surface area contributed by atoms with Gasteiger partial charge in [0, 0.05) is 18.0 Å². The summed E-state index contributed by atoms with van der Waals surface area (Å²) in [5, 5.41) is 4.78. The van der Waals surface area contributed by atoms with Crippen LogP contribution in [-0.4, -0.2) is 23.7 Å². The number of hydrogen-bond acceptors (Lipinski definition) is 3. The van der Waals surface area contributed by atoms with E-state index in [4.69, 9.17) is 4.74 Å². The molecular weight excluding hydrogens is 236 g/mol. The number of ether oxygens (including phenoxy) is 1. The Morgan fingerprint density at radius 2 is 2.26 bits per heavy atom. The second-order valence-corrected chi connectivity index (χ2v) is 5.18. The van der Waals surface area contributed by atoms with Crippen LogP contribution in [0.3, 0.4) is 0 Å². The number of hydrogen-bond donors (Lipinski definition) is 1. The molecule has 2 unspecified atom stereocenters. The summed E-state index contributed by atoms with van der Waals surface area (Å²) in [5.41, 5.74) is 2.16. The molecule has 0 saturated carbocycles. The lowest BCUT2D eigenvalue weighted by atomic mass is 10.0. The van der Waals surface area contributed by atoms with E-state index in [1.54, 1.807) is 0 Å². The Balaban J connectivity index is 1.74. The van der Waals surface area contributed by atoms with Crippen LogP contribution in [0.2, 0.25) is 0 Å². The summed E-state index contributed by atoms with van der Waals surface area (Å²) in [6, 6.07) is 10.9. The standard InChI is InChI=1S/C16H20N2O/c1-2-15-10-13(7-8-19-15)18-14-9-12-5-3-4-6-16(12)17-11-14/h3-6,9,11,13,15,18H,2,7-8,10H2,1H3. The molecule has 2 atom stereocenters. The van der Waals surface area contributed by atoms with E-state index in [1.165, 1.54) is 5.39 Å². The Labute approximate surface area is 114 Å². The molecule has 3 heteroatoms. The van der Waals surface area contributed by atoms with Crippen LogP contribution in [0, 0.1) is 0 Å². The minimum absolute atomic E-state index is 0.402. The third-order valence-electron chi connectivity index (χ3n) is 3.78. The molecule has 1 saturated heterocycles. The van der Waals surface area contributed by atoms with Gasteiger partial charge in [-0.2, -0.15) is 0 Å². The maximum absolute atomic E-state index is 5.71. The van der Waals surface area contributed by atoms with E-state index in [1.807, 2.05) is 18.3 Å². The number of rotatable bonds is 3. The minimum Gasteiger partial charge on any atom is -0.381 e. The highest BCUT2D eigenvalue weighted by Crippen LogP contribution is 2.22. The van der Waals surface area contributed by atoms with Crippen molar-refractivity contribution in [1.82, 2.24) is 4.98 Å². The van der Waals surface area contributed by atoms with E-state index >= 15 is 0 Å². The number of anilines is 1. The van der Waals surface area contributed by atoms with Gasteiger partial charge in [0.05, 0.1) is 23.5 Å². The number of para-hydroxylation sites is 1. The quantitative estimate of drug-likeness (QED) is 0.911. The van der Waals surface area contributed by atoms with Crippen LogP contribution in [0.1, 0.15) is 26.2 Å². The molecule has 3 rings (SSSR count). The fourth-order valence-electron chi connectivity index (χ4n) is 2.68. The van der Waals surface area contributed by atoms with Crippen molar-refractivity contribution in [3.8, 4) is 0 Å². The zero-order valence-corrected chi connectivity index (χ0v) is 11.3. The summed E-state index contributed by atoms with van der Waals surface area (Å²) in [6.07, 6.45) is 5.58. The van der Waals surface area contributed by atoms with E-state index in [0.717, 1.165) is 37.1 Å². The summed E-state index contributed by atoms with van der Waals surface area (Å²) in [7, 11) is 0. The molecule has 100 valence electrons. The number of aromatic nitrogens is 1. The zero-order chi connectivity index (χ0) is 13.1. The predicted octanol–water partition coefficient (Wildman–Crippen LogP) is 3.60. The minimum atomic E-state index is 0.402. The van der Waals surface area contributed by atoms with Crippen LogP contribution in [0.25, 0.3) is 10.9 Å². The number of nitrogens with zero attached hydrogens (tertiary/aromatic N) is 1. The highest BCUT2D eigenvalue weighted by molar-refractivity contribution is 5.81. The van der Waals surface area contributed by atoms with E-state index < -0.39 is 0 Å². The topological polar surface area (TPSA) is 34.2 Å². The first kappa shape index (κ1) is 12.4. The number of pyridine rings is 1. The molecular formula is C16H20N2O. The molecule has 1 N–H and O–H groups in total. The van der Waals surface area contributed by atoms with Gasteiger partial charge in [0.1, 0.15) is 0 Å². The molecule has 2 aromatic rings. The second-order valence-electron chi connectivity index (χ2n) is 5.18. The van der Waals surface area contributed by atoms with Gasteiger partial charge in [-0.3, -0.25) is 4.98 Å². The Bertz CT molecular complexity index is 555. The predicted molar refractivity (Wildman–Crippen MR) is 78.4 cm³/mol. The first-order chi connectivity index (χ1) is 9.35. The van der Waals surface area contributed by atoms with Gasteiger partial charge in [0.2, 0.25) is 0 Å². The van der Waals surface area contributed by atoms with E-state index in [-0.39, 0.29) is 0 Å². The molecule has 19 heavy (non-hydrogen) atoms. The van der Waals surface area contributed by atoms with E-state index in [2.05, 4.69) is 35.4 Å². The Morgan fingerprint density at radius 1 is 1.37 bits per heavy atom. The van der Waals surface area contributed by atoms with Gasteiger partial charge in [-0.25, -0.2) is 0 Å². The van der Waals surface area contributed by atoms with Crippen molar-refractivity contribution in [2.45, 2.75) is 38.3 Å². The normalized spacial score (nSPS) is 23.4. The fourth-order valence-corrected chi connectivity index (χ4v) is 2.68. The molecule has 0 spiro atoms. The van der Waals surface area contributed by atoms with Gasteiger partial charge in [-0.1, -0.05) is 25.1 Å². The highest BCUT2D eigenvalue weighted by Gasteiger charge is 2.21. The van der Waals surface area contributed by atoms with Gasteiger partial charge < -0.3 is 10.1 Å². The zero-order valence-electron chi connectivity index (χ0n) is 11.3. The summed E-state index contributed by atoms with van der Waals surface area (Å²) in [4.78, 5) is 4.49. The van der Waals surface area contributed by atoms with Crippen LogP contribution in [0.5, 0.6) is 0 Å². The first-order valence-electron chi connectivity index (χ1n) is 7.08. The molecule has 1 aromatic carbocycles. The fraction of sp³-hybridized carbons (Fsp3) is 0.438. The maximum atomic E-state index is 5.71. The maximum Gasteiger partial charge on any atom is 0.0703 e. The van der Waals surface area contributed by atoms with Crippen LogP contribution in [-0.2, 0) is 4.74 Å². The van der Waals surface area contributed by atoms with E-state index in [0.29, 0.717) is 12.1 Å². The van der Waals surface area contributed by atoms with Crippen LogP contribution >= 0.6 is 0 Å². The molecule has 3 nitrogen and oxygen atoms in total. The third kappa shape index (κ3) is 2.87. The average molecular weight is 256 g/mol. The van der Waals surface area contributed by atoms with Gasteiger partial charge in [0.25, 0.3) is 0 Å². The lowest BCUT2D eigenvalue weighted by Crippen LogP contribution is -2.33. The second kappa shape index (κ2) is 5.57. The largest absolute Gasteiger partial charge is 0.381 e. The number of nitrogens with one attached hydrogen (secondary N) is 1. The van der Waals surface area contributed by atoms with Gasteiger partial charge in [-0.05, 0) is 31.4 Å². The van der Waals surface area contributed by atoms with Crippen molar-refractivity contribution in [3.05, 3.63) is 36.5 Å². The van der Waals surface area contributed by atoms with Gasteiger partial charge in [-0.15, -0.1) is 0 Å². The van der Waals surface area contributed by atoms with Gasteiger partial charge in [0.15, 0.2) is 0 Å². The lowest BCUT2D eigenvalue weighted by Gasteiger charge is -2.30. The van der Waals surface area contributed by atoms with Crippen molar-refractivity contribution in [2.24, 2.45) is 0 Å². The smallest absolute Gasteiger partial charge is 0.0703 e. The van der Waals surface area contributed by atoms with Crippen molar-refractivity contribution < 1.29 is 4.74 Å². The molecule has 1 aliphatic heterocycles. The Kier molecular flexibility index (Phi) is 3.65. The molecule has 0 radical (unpaired) electrons. The molecule has 1 fully saturated rings. The molecule has 2 heterocycles. The molecule has 0 amide bonds. The van der Waals surface area contributed by atoms with E-state index in [9.17, 15) is 0 Å². The Hall–Kier alpha value is -1.61. The number of benzene rings is 1. The summed E-state index contributed by atoms with van der Waals surface area (Å²) in [5.74, 6) is 0. The molecule has 0 bridgehead atoms. The van der Waals surface area contributed by atoms with Crippen LogP contribution in [0.4, 0.5) is 5.69 Å². The molecule has 1 aliphatic rings. The Morgan fingerprint density at radius 3 is 3.16 bits per heavy atom. The average Bonchev–Trinajstić information content (AvgIpc) is 2.47. The number of fused-ring (bicyclic) bond motifs is 1. The summed E-state index contributed by atoms with van der Waals surface area (Å²) in [6.45, 7) is 3.04. The summed E-state index contributed by atoms with van der Waals surface area (Å²) >= 11 is 0. The summed E-state index contributed by atoms with van der Waals surface area (Å²) < 4.78 is 5.71. The monoisotopic (exact) mass is 256 g/mol. The lowest BCUT2D eigenvalue weighted by molar-refractivity contribution is 0.00925. The van der Waals surface area contributed by atoms with Crippen molar-refractivity contribution >= 4 is 16.6 Å². The third-order valence-corrected chi connectivity index (χ3v) is 3.78.